The second kappa shape index (κ2) is 9.34. The van der Waals surface area contributed by atoms with Crippen molar-refractivity contribution >= 4 is 35.5 Å². The third kappa shape index (κ3) is 6.03. The highest BCUT2D eigenvalue weighted by Crippen LogP contribution is 2.42. The van der Waals surface area contributed by atoms with Crippen molar-refractivity contribution in [1.29, 1.82) is 5.26 Å². The van der Waals surface area contributed by atoms with Crippen LogP contribution in [0.2, 0.25) is 0 Å². The lowest BCUT2D eigenvalue weighted by Crippen LogP contribution is -2.26. The Morgan fingerprint density at radius 3 is 2.00 bits per heavy atom. The van der Waals surface area contributed by atoms with E-state index in [0.29, 0.717) is 27.5 Å². The normalized spacial score (nSPS) is 15.8. The summed E-state index contributed by atoms with van der Waals surface area (Å²) < 4.78 is 80.9. The van der Waals surface area contributed by atoms with E-state index in [9.17, 15) is 26.3 Å². The minimum Gasteiger partial charge on any atom is -0.245 e. The number of thioether (sulfide) groups is 1. The maximum atomic E-state index is 13.1. The summed E-state index contributed by atoms with van der Waals surface area (Å²) in [6.45, 7) is 1.58. The fourth-order valence-corrected chi connectivity index (χ4v) is 5.90. The zero-order valence-corrected chi connectivity index (χ0v) is 17.6. The molecule has 3 rings (SSSR count). The van der Waals surface area contributed by atoms with Gasteiger partial charge in [0, 0.05) is 39.3 Å². The number of halogens is 6. The number of hydrogen-bond acceptors (Lipinski definition) is 5. The van der Waals surface area contributed by atoms with Gasteiger partial charge in [-0.15, -0.1) is 0 Å². The largest absolute Gasteiger partial charge is 0.416 e. The minimum atomic E-state index is -4.90. The summed E-state index contributed by atoms with van der Waals surface area (Å²) in [6.07, 6.45) is -9.80. The molecule has 0 saturated carbocycles. The molecule has 2 aromatic rings. The highest BCUT2D eigenvalue weighted by molar-refractivity contribution is 8.01. The van der Waals surface area contributed by atoms with Gasteiger partial charge in [0.15, 0.2) is 0 Å². The van der Waals surface area contributed by atoms with Crippen LogP contribution in [0.4, 0.5) is 26.3 Å². The van der Waals surface area contributed by atoms with Crippen LogP contribution in [-0.2, 0) is 12.4 Å². The first-order valence-electron chi connectivity index (χ1n) is 8.58. The van der Waals surface area contributed by atoms with Crippen LogP contribution >= 0.6 is 35.5 Å². The van der Waals surface area contributed by atoms with Gasteiger partial charge >= 0.3 is 12.4 Å². The monoisotopic (exact) mass is 480 g/mol. The molecule has 2 nitrogen and oxygen atoms in total. The molecule has 0 bridgehead atoms. The Morgan fingerprint density at radius 1 is 0.867 bits per heavy atom. The molecule has 0 radical (unpaired) electrons. The minimum absolute atomic E-state index is 0.115. The third-order valence-corrected chi connectivity index (χ3v) is 7.34. The van der Waals surface area contributed by atoms with Gasteiger partial charge in [0.05, 0.1) is 22.8 Å². The van der Waals surface area contributed by atoms with Crippen molar-refractivity contribution < 1.29 is 26.3 Å². The Hall–Kier alpha value is -1.48. The second-order valence-electron chi connectivity index (χ2n) is 6.25. The second-order valence-corrected chi connectivity index (χ2v) is 9.73. The van der Waals surface area contributed by atoms with Crippen LogP contribution in [0.5, 0.6) is 0 Å². The van der Waals surface area contributed by atoms with E-state index in [0.717, 1.165) is 36.4 Å². The van der Waals surface area contributed by atoms with Gasteiger partial charge in [0.25, 0.3) is 0 Å². The Morgan fingerprint density at radius 2 is 1.47 bits per heavy atom. The van der Waals surface area contributed by atoms with Gasteiger partial charge in [0.2, 0.25) is 0 Å². The highest BCUT2D eigenvalue weighted by atomic mass is 32.2. The van der Waals surface area contributed by atoms with E-state index < -0.39 is 23.5 Å². The summed E-state index contributed by atoms with van der Waals surface area (Å²) in [5.41, 5.74) is -2.33. The number of nitriles is 1. The van der Waals surface area contributed by atoms with Crippen LogP contribution in [-0.4, -0.2) is 28.9 Å². The van der Waals surface area contributed by atoms with Crippen molar-refractivity contribution in [3.05, 3.63) is 53.1 Å². The zero-order valence-electron chi connectivity index (χ0n) is 15.2. The van der Waals surface area contributed by atoms with Gasteiger partial charge < -0.3 is 0 Å². The average molecular weight is 481 g/mol. The maximum absolute atomic E-state index is 13.1. The standard InChI is InChI=1S/C19H14F6N2S3/c20-18(21,22)13-8-14(19(23,24)25)10-15(9-13)29-16-2-1-12(11-26)7-17(16)30-27-3-5-28-6-4-27/h1-2,7-10H,3-6H2. The van der Waals surface area contributed by atoms with Gasteiger partial charge in [-0.25, -0.2) is 4.31 Å². The fourth-order valence-electron chi connectivity index (χ4n) is 2.62. The Bertz CT molecular complexity index is 915. The van der Waals surface area contributed by atoms with E-state index in [-0.39, 0.29) is 11.0 Å². The third-order valence-electron chi connectivity index (χ3n) is 4.06. The molecule has 30 heavy (non-hydrogen) atoms. The molecule has 0 aromatic heterocycles. The number of benzene rings is 2. The predicted octanol–water partition coefficient (Wildman–Crippen LogP) is 6.80. The van der Waals surface area contributed by atoms with Crippen molar-refractivity contribution in [3.8, 4) is 6.07 Å². The van der Waals surface area contributed by atoms with Gasteiger partial charge in [-0.05, 0) is 48.3 Å². The predicted molar refractivity (Wildman–Crippen MR) is 106 cm³/mol. The summed E-state index contributed by atoms with van der Waals surface area (Å²) in [5.74, 6) is 1.85. The molecule has 1 heterocycles. The first kappa shape index (κ1) is 23.2. The molecule has 1 aliphatic rings. The van der Waals surface area contributed by atoms with Crippen LogP contribution in [0.25, 0.3) is 0 Å². The Balaban J connectivity index is 1.97. The topological polar surface area (TPSA) is 27.0 Å². The summed E-state index contributed by atoms with van der Waals surface area (Å²) >= 11 is 3.99. The van der Waals surface area contributed by atoms with Crippen LogP contribution in [0.1, 0.15) is 16.7 Å². The van der Waals surface area contributed by atoms with E-state index in [1.54, 1.807) is 23.9 Å². The quantitative estimate of drug-likeness (QED) is 0.354. The van der Waals surface area contributed by atoms with E-state index in [4.69, 9.17) is 5.26 Å². The molecule has 11 heteroatoms. The van der Waals surface area contributed by atoms with E-state index >= 15 is 0 Å². The van der Waals surface area contributed by atoms with Crippen molar-refractivity contribution in [2.75, 3.05) is 24.6 Å². The van der Waals surface area contributed by atoms with Crippen molar-refractivity contribution in [3.63, 3.8) is 0 Å². The molecular formula is C19H14F6N2S3. The van der Waals surface area contributed by atoms with Gasteiger partial charge in [-0.1, -0.05) is 11.8 Å². The van der Waals surface area contributed by atoms with Gasteiger partial charge in [-0.3, -0.25) is 0 Å². The molecular weight excluding hydrogens is 466 g/mol. The zero-order chi connectivity index (χ0) is 21.9. The van der Waals surface area contributed by atoms with Gasteiger partial charge in [0.1, 0.15) is 0 Å². The SMILES string of the molecule is N#Cc1ccc(Sc2cc(C(F)(F)F)cc(C(F)(F)F)c2)c(SN2CCSCC2)c1. The van der Waals surface area contributed by atoms with Gasteiger partial charge in [-0.2, -0.15) is 43.4 Å². The maximum Gasteiger partial charge on any atom is 0.416 e. The molecule has 0 spiro atoms. The lowest BCUT2D eigenvalue weighted by Gasteiger charge is -2.25. The number of hydrogen-bond donors (Lipinski definition) is 0. The molecule has 1 aliphatic heterocycles. The summed E-state index contributed by atoms with van der Waals surface area (Å²) in [5, 5.41) is 9.17. The first-order chi connectivity index (χ1) is 14.1. The number of nitrogens with zero attached hydrogens (tertiary/aromatic N) is 2. The summed E-state index contributed by atoms with van der Waals surface area (Å²) in [7, 11) is 0. The van der Waals surface area contributed by atoms with Crippen molar-refractivity contribution in [2.24, 2.45) is 0 Å². The van der Waals surface area contributed by atoms with Crippen molar-refractivity contribution in [1.82, 2.24) is 4.31 Å². The molecule has 0 aliphatic carbocycles. The lowest BCUT2D eigenvalue weighted by atomic mass is 10.1. The Kier molecular flexibility index (Phi) is 7.22. The summed E-state index contributed by atoms with van der Waals surface area (Å²) in [6, 6.07) is 8.21. The van der Waals surface area contributed by atoms with E-state index in [1.807, 2.05) is 6.07 Å². The Labute approximate surface area is 182 Å². The molecule has 160 valence electrons. The molecule has 0 N–H and O–H groups in total. The van der Waals surface area contributed by atoms with Crippen molar-refractivity contribution in [2.45, 2.75) is 27.0 Å². The van der Waals surface area contributed by atoms with E-state index in [2.05, 4.69) is 4.31 Å². The number of rotatable bonds is 4. The van der Waals surface area contributed by atoms with Crippen LogP contribution < -0.4 is 0 Å². The van der Waals surface area contributed by atoms with Crippen LogP contribution in [0, 0.1) is 11.3 Å². The smallest absolute Gasteiger partial charge is 0.245 e. The average Bonchev–Trinajstić information content (AvgIpc) is 2.68. The van der Waals surface area contributed by atoms with Crippen LogP contribution in [0.3, 0.4) is 0 Å². The molecule has 0 amide bonds. The molecule has 2 aromatic carbocycles. The van der Waals surface area contributed by atoms with E-state index in [1.165, 1.54) is 18.0 Å². The summed E-state index contributed by atoms with van der Waals surface area (Å²) in [4.78, 5) is 0.944. The molecule has 0 unspecified atom stereocenters. The van der Waals surface area contributed by atoms with Crippen LogP contribution in [0.15, 0.2) is 51.1 Å². The number of alkyl halides is 6. The fraction of sp³-hybridized carbons (Fsp3) is 0.316. The lowest BCUT2D eigenvalue weighted by molar-refractivity contribution is -0.143. The molecule has 0 atom stereocenters. The highest BCUT2D eigenvalue weighted by Gasteiger charge is 2.37. The molecule has 1 saturated heterocycles. The first-order valence-corrected chi connectivity index (χ1v) is 11.3. The molecule has 1 fully saturated rings.